The quantitative estimate of drug-likeness (QED) is 0.841. The Morgan fingerprint density at radius 1 is 1.31 bits per heavy atom. The van der Waals surface area contributed by atoms with Crippen LogP contribution in [-0.4, -0.2) is 11.2 Å². The number of aliphatic hydroxyl groups is 1. The molecule has 5 heteroatoms. The fraction of sp³-hybridized carbons (Fsp3) is 0.455. The van der Waals surface area contributed by atoms with Gasteiger partial charge in [-0.15, -0.1) is 0 Å². The van der Waals surface area contributed by atoms with Crippen molar-refractivity contribution in [2.75, 3.05) is 0 Å². The molecule has 0 bridgehead atoms. The molecule has 0 saturated heterocycles. The molecule has 0 aliphatic rings. The van der Waals surface area contributed by atoms with E-state index in [1.54, 1.807) is 0 Å². The van der Waals surface area contributed by atoms with Crippen LogP contribution < -0.4 is 5.73 Å². The summed E-state index contributed by atoms with van der Waals surface area (Å²) >= 11 is 0. The van der Waals surface area contributed by atoms with Crippen LogP contribution in [0.5, 0.6) is 0 Å². The van der Waals surface area contributed by atoms with Gasteiger partial charge < -0.3 is 10.8 Å². The van der Waals surface area contributed by atoms with Crippen molar-refractivity contribution in [1.82, 2.24) is 0 Å². The smallest absolute Gasteiger partial charge is 0.301 e. The maximum atomic E-state index is 13.7. The van der Waals surface area contributed by atoms with E-state index in [0.717, 1.165) is 13.0 Å². The molecule has 3 N–H and O–H groups in total. The Labute approximate surface area is 91.9 Å². The van der Waals surface area contributed by atoms with Crippen molar-refractivity contribution >= 4 is 0 Å². The number of benzene rings is 1. The molecule has 1 aromatic carbocycles. The Morgan fingerprint density at radius 2 is 1.88 bits per heavy atom. The van der Waals surface area contributed by atoms with E-state index in [1.165, 1.54) is 19.1 Å². The number of hydrogen-bond donors (Lipinski definition) is 2. The first-order chi connectivity index (χ1) is 7.28. The molecule has 2 atom stereocenters. The van der Waals surface area contributed by atoms with E-state index in [9.17, 15) is 13.2 Å². The molecule has 1 unspecified atom stereocenters. The second-order valence-corrected chi connectivity index (χ2v) is 3.80. The average Bonchev–Trinajstić information content (AvgIpc) is 2.16. The van der Waals surface area contributed by atoms with E-state index in [1.807, 2.05) is 0 Å². The summed E-state index contributed by atoms with van der Waals surface area (Å²) in [5.41, 5.74) is 4.65. The zero-order valence-corrected chi connectivity index (χ0v) is 9.05. The van der Waals surface area contributed by atoms with Crippen molar-refractivity contribution in [3.8, 4) is 0 Å². The van der Waals surface area contributed by atoms with Crippen LogP contribution in [0.4, 0.5) is 13.2 Å². The van der Waals surface area contributed by atoms with Gasteiger partial charge in [-0.3, -0.25) is 0 Å². The lowest BCUT2D eigenvalue weighted by atomic mass is 9.98. The fourth-order valence-electron chi connectivity index (χ4n) is 1.38. The third kappa shape index (κ3) is 2.20. The standard InChI is InChI=1S/C11H14F3NO/c1-6(15)8-4-3-5-9(10(8)12)11(13,14)7(2)16/h3-7,16H,15H2,1-2H3/t6-,7?/m1/s1. The van der Waals surface area contributed by atoms with Gasteiger partial charge in [-0.25, -0.2) is 4.39 Å². The molecule has 90 valence electrons. The Morgan fingerprint density at radius 3 is 2.31 bits per heavy atom. The van der Waals surface area contributed by atoms with Gasteiger partial charge in [0.2, 0.25) is 0 Å². The topological polar surface area (TPSA) is 46.2 Å². The Balaban J connectivity index is 3.31. The average molecular weight is 233 g/mol. The van der Waals surface area contributed by atoms with Crippen LogP contribution in [-0.2, 0) is 5.92 Å². The number of alkyl halides is 2. The molecular formula is C11H14F3NO. The molecule has 1 aromatic rings. The summed E-state index contributed by atoms with van der Waals surface area (Å²) in [6.45, 7) is 2.42. The third-order valence-corrected chi connectivity index (χ3v) is 2.40. The second kappa shape index (κ2) is 4.43. The van der Waals surface area contributed by atoms with Gasteiger partial charge >= 0.3 is 5.92 Å². The summed E-state index contributed by atoms with van der Waals surface area (Å²) in [6, 6.07) is 2.92. The molecule has 0 aromatic heterocycles. The Hall–Kier alpha value is -1.07. The molecule has 0 saturated carbocycles. The summed E-state index contributed by atoms with van der Waals surface area (Å²) in [5.74, 6) is -4.67. The molecule has 0 fully saturated rings. The minimum atomic E-state index is -3.62. The summed E-state index contributed by atoms with van der Waals surface area (Å²) < 4.78 is 40.6. The minimum absolute atomic E-state index is 0.0119. The number of rotatable bonds is 3. The Kier molecular flexibility index (Phi) is 3.60. The van der Waals surface area contributed by atoms with Crippen molar-refractivity contribution < 1.29 is 18.3 Å². The summed E-state index contributed by atoms with van der Waals surface area (Å²) in [5, 5.41) is 8.94. The van der Waals surface area contributed by atoms with E-state index in [4.69, 9.17) is 10.8 Å². The molecular weight excluding hydrogens is 219 g/mol. The largest absolute Gasteiger partial charge is 0.387 e. The van der Waals surface area contributed by atoms with Gasteiger partial charge in [-0.2, -0.15) is 8.78 Å². The highest BCUT2D eigenvalue weighted by atomic mass is 19.3. The highest BCUT2D eigenvalue weighted by Crippen LogP contribution is 2.35. The minimum Gasteiger partial charge on any atom is -0.387 e. The van der Waals surface area contributed by atoms with Crippen LogP contribution in [0.3, 0.4) is 0 Å². The lowest BCUT2D eigenvalue weighted by Gasteiger charge is -2.21. The molecule has 16 heavy (non-hydrogen) atoms. The van der Waals surface area contributed by atoms with Crippen molar-refractivity contribution in [3.05, 3.63) is 35.1 Å². The second-order valence-electron chi connectivity index (χ2n) is 3.80. The van der Waals surface area contributed by atoms with Crippen LogP contribution in [0.1, 0.15) is 31.0 Å². The van der Waals surface area contributed by atoms with Crippen LogP contribution in [0.25, 0.3) is 0 Å². The van der Waals surface area contributed by atoms with Crippen molar-refractivity contribution in [3.63, 3.8) is 0 Å². The zero-order chi connectivity index (χ0) is 12.5. The molecule has 0 amide bonds. The molecule has 1 rings (SSSR count). The highest BCUT2D eigenvalue weighted by molar-refractivity contribution is 5.31. The van der Waals surface area contributed by atoms with Gasteiger partial charge in [-0.1, -0.05) is 12.1 Å². The predicted molar refractivity (Wildman–Crippen MR) is 54.6 cm³/mol. The van der Waals surface area contributed by atoms with E-state index in [0.29, 0.717) is 0 Å². The number of hydrogen-bond acceptors (Lipinski definition) is 2. The number of aliphatic hydroxyl groups excluding tert-OH is 1. The van der Waals surface area contributed by atoms with E-state index in [-0.39, 0.29) is 5.56 Å². The van der Waals surface area contributed by atoms with Crippen molar-refractivity contribution in [2.45, 2.75) is 31.9 Å². The lowest BCUT2D eigenvalue weighted by molar-refractivity contribution is -0.108. The number of halogens is 3. The van der Waals surface area contributed by atoms with Gasteiger partial charge in [0, 0.05) is 11.6 Å². The molecule has 0 aliphatic heterocycles. The molecule has 0 radical (unpaired) electrons. The summed E-state index contributed by atoms with van der Waals surface area (Å²) in [6.07, 6.45) is -1.95. The SMILES string of the molecule is CC(O)C(F)(F)c1cccc([C@@H](C)N)c1F. The van der Waals surface area contributed by atoms with Crippen LogP contribution in [0, 0.1) is 5.82 Å². The van der Waals surface area contributed by atoms with Crippen LogP contribution in [0.2, 0.25) is 0 Å². The third-order valence-electron chi connectivity index (χ3n) is 2.40. The van der Waals surface area contributed by atoms with Gasteiger partial charge in [0.1, 0.15) is 11.9 Å². The van der Waals surface area contributed by atoms with Gasteiger partial charge in [0.25, 0.3) is 0 Å². The van der Waals surface area contributed by atoms with Gasteiger partial charge in [0.15, 0.2) is 0 Å². The normalized spacial score (nSPS) is 15.9. The van der Waals surface area contributed by atoms with Crippen LogP contribution >= 0.6 is 0 Å². The zero-order valence-electron chi connectivity index (χ0n) is 9.05. The molecule has 2 nitrogen and oxygen atoms in total. The predicted octanol–water partition coefficient (Wildman–Crippen LogP) is 2.32. The summed E-state index contributed by atoms with van der Waals surface area (Å²) in [4.78, 5) is 0. The fourth-order valence-corrected chi connectivity index (χ4v) is 1.38. The number of nitrogens with two attached hydrogens (primary N) is 1. The summed E-state index contributed by atoms with van der Waals surface area (Å²) in [7, 11) is 0. The van der Waals surface area contributed by atoms with Gasteiger partial charge in [-0.05, 0) is 19.9 Å². The van der Waals surface area contributed by atoms with Crippen LogP contribution in [0.15, 0.2) is 18.2 Å². The van der Waals surface area contributed by atoms with E-state index < -0.39 is 29.4 Å². The monoisotopic (exact) mass is 233 g/mol. The van der Waals surface area contributed by atoms with E-state index in [2.05, 4.69) is 0 Å². The van der Waals surface area contributed by atoms with Crippen molar-refractivity contribution in [2.24, 2.45) is 5.73 Å². The Bertz CT molecular complexity index is 377. The first-order valence-corrected chi connectivity index (χ1v) is 4.88. The maximum absolute atomic E-state index is 13.7. The van der Waals surface area contributed by atoms with Crippen molar-refractivity contribution in [1.29, 1.82) is 0 Å². The lowest BCUT2D eigenvalue weighted by Crippen LogP contribution is -2.29. The first kappa shape index (κ1) is 13.0. The maximum Gasteiger partial charge on any atom is 0.301 e. The van der Waals surface area contributed by atoms with E-state index >= 15 is 0 Å². The molecule has 0 heterocycles. The molecule has 0 aliphatic carbocycles. The highest BCUT2D eigenvalue weighted by Gasteiger charge is 2.40. The first-order valence-electron chi connectivity index (χ1n) is 4.88. The molecule has 0 spiro atoms. The van der Waals surface area contributed by atoms with Gasteiger partial charge in [0.05, 0.1) is 5.56 Å².